The third-order valence-electron chi connectivity index (χ3n) is 2.55. The van der Waals surface area contributed by atoms with Gasteiger partial charge in [0.15, 0.2) is 0 Å². The number of fused-ring (bicyclic) bond motifs is 1. The van der Waals surface area contributed by atoms with E-state index in [0.29, 0.717) is 6.42 Å². The van der Waals surface area contributed by atoms with Gasteiger partial charge < -0.3 is 9.90 Å². The molecule has 0 aliphatic heterocycles. The van der Waals surface area contributed by atoms with Crippen molar-refractivity contribution in [3.63, 3.8) is 0 Å². The monoisotopic (exact) mass is 205 g/mol. The van der Waals surface area contributed by atoms with Crippen molar-refractivity contribution in [2.24, 2.45) is 0 Å². The quantitative estimate of drug-likeness (QED) is 0.730. The molecule has 0 N–H and O–H groups in total. The summed E-state index contributed by atoms with van der Waals surface area (Å²) in [5.41, 5.74) is 2.66. The van der Waals surface area contributed by atoms with Crippen LogP contribution in [0.4, 0.5) is 4.39 Å². The number of aliphatic carboxylic acids is 1. The zero-order valence-electron chi connectivity index (χ0n) is 8.13. The van der Waals surface area contributed by atoms with Gasteiger partial charge >= 0.3 is 0 Å². The summed E-state index contributed by atoms with van der Waals surface area (Å²) < 4.78 is 12.9. The topological polar surface area (TPSA) is 40.1 Å². The van der Waals surface area contributed by atoms with E-state index in [2.05, 4.69) is 0 Å². The van der Waals surface area contributed by atoms with Gasteiger partial charge in [-0.15, -0.1) is 0 Å². The number of carbonyl (C=O) groups excluding carboxylic acids is 1. The van der Waals surface area contributed by atoms with Crippen LogP contribution in [0.2, 0.25) is 0 Å². The first-order valence-corrected chi connectivity index (χ1v) is 4.83. The Morgan fingerprint density at radius 2 is 2.20 bits per heavy atom. The maximum atomic E-state index is 12.9. The molecule has 0 unspecified atom stereocenters. The molecule has 0 saturated carbocycles. The highest BCUT2D eigenvalue weighted by Gasteiger charge is 2.10. The van der Waals surface area contributed by atoms with Gasteiger partial charge in [-0.2, -0.15) is 0 Å². The molecule has 78 valence electrons. The lowest BCUT2D eigenvalue weighted by atomic mass is 9.91. The van der Waals surface area contributed by atoms with E-state index in [0.717, 1.165) is 23.1 Å². The van der Waals surface area contributed by atoms with Crippen molar-refractivity contribution in [2.75, 3.05) is 0 Å². The molecule has 2 rings (SSSR count). The Morgan fingerprint density at radius 3 is 2.93 bits per heavy atom. The van der Waals surface area contributed by atoms with Crippen molar-refractivity contribution in [2.45, 2.75) is 19.3 Å². The Morgan fingerprint density at radius 1 is 1.40 bits per heavy atom. The number of rotatable bonds is 2. The van der Waals surface area contributed by atoms with Gasteiger partial charge in [0.2, 0.25) is 0 Å². The number of carbonyl (C=O) groups is 1. The summed E-state index contributed by atoms with van der Waals surface area (Å²) in [5, 5.41) is 10.4. The number of carboxylic acid groups (broad SMARTS) is 1. The van der Waals surface area contributed by atoms with E-state index < -0.39 is 5.97 Å². The minimum Gasteiger partial charge on any atom is -0.550 e. The first-order chi connectivity index (χ1) is 7.15. The van der Waals surface area contributed by atoms with Gasteiger partial charge in [0, 0.05) is 12.4 Å². The van der Waals surface area contributed by atoms with Crippen molar-refractivity contribution in [1.29, 1.82) is 0 Å². The third kappa shape index (κ3) is 2.24. The van der Waals surface area contributed by atoms with E-state index in [9.17, 15) is 14.3 Å². The van der Waals surface area contributed by atoms with Crippen LogP contribution in [0.3, 0.4) is 0 Å². The maximum absolute atomic E-state index is 12.9. The van der Waals surface area contributed by atoms with Crippen molar-refractivity contribution >= 4 is 12.0 Å². The van der Waals surface area contributed by atoms with Crippen molar-refractivity contribution in [1.82, 2.24) is 0 Å². The molecule has 0 aromatic heterocycles. The standard InChI is InChI=1S/C12H11FO2/c13-11-4-3-9-2-1-8(6-12(14)15)5-10(9)7-11/h3-5,7H,1-2,6H2,(H,14,15)/p-1. The predicted octanol–water partition coefficient (Wildman–Crippen LogP) is 1.30. The highest BCUT2D eigenvalue weighted by atomic mass is 19.1. The summed E-state index contributed by atoms with van der Waals surface area (Å²) in [4.78, 5) is 10.4. The minimum absolute atomic E-state index is 0.0596. The summed E-state index contributed by atoms with van der Waals surface area (Å²) >= 11 is 0. The fourth-order valence-electron chi connectivity index (χ4n) is 1.84. The molecule has 2 nitrogen and oxygen atoms in total. The molecular weight excluding hydrogens is 195 g/mol. The second-order valence-corrected chi connectivity index (χ2v) is 3.69. The molecule has 3 heteroatoms. The van der Waals surface area contributed by atoms with Crippen LogP contribution in [0, 0.1) is 5.82 Å². The fourth-order valence-corrected chi connectivity index (χ4v) is 1.84. The van der Waals surface area contributed by atoms with E-state index in [4.69, 9.17) is 0 Å². The van der Waals surface area contributed by atoms with Gasteiger partial charge in [-0.1, -0.05) is 17.7 Å². The summed E-state index contributed by atoms with van der Waals surface area (Å²) in [6.45, 7) is 0. The first-order valence-electron chi connectivity index (χ1n) is 4.83. The zero-order valence-corrected chi connectivity index (χ0v) is 8.13. The first kappa shape index (κ1) is 9.90. The van der Waals surface area contributed by atoms with E-state index in [1.165, 1.54) is 12.1 Å². The molecule has 0 bridgehead atoms. The molecule has 0 saturated heterocycles. The Hall–Kier alpha value is -1.64. The number of benzene rings is 1. The van der Waals surface area contributed by atoms with Crippen molar-refractivity contribution < 1.29 is 14.3 Å². The molecule has 0 radical (unpaired) electrons. The molecule has 0 heterocycles. The van der Waals surface area contributed by atoms with Gasteiger partial charge in [0.05, 0.1) is 0 Å². The van der Waals surface area contributed by atoms with Crippen LogP contribution >= 0.6 is 0 Å². The summed E-state index contributed by atoms with van der Waals surface area (Å²) in [6, 6.07) is 4.61. The van der Waals surface area contributed by atoms with E-state index in [1.54, 1.807) is 12.1 Å². The van der Waals surface area contributed by atoms with Crippen LogP contribution in [0.5, 0.6) is 0 Å². The lowest BCUT2D eigenvalue weighted by Gasteiger charge is -2.16. The van der Waals surface area contributed by atoms with Gasteiger partial charge in [-0.3, -0.25) is 0 Å². The molecule has 0 amide bonds. The second kappa shape index (κ2) is 3.85. The van der Waals surface area contributed by atoms with Gasteiger partial charge in [0.25, 0.3) is 0 Å². The number of hydrogen-bond donors (Lipinski definition) is 0. The number of halogens is 1. The maximum Gasteiger partial charge on any atom is 0.123 e. The molecular formula is C12H10FO2-. The minimum atomic E-state index is -1.08. The Balaban J connectivity index is 2.31. The normalized spacial score (nSPS) is 14.3. The van der Waals surface area contributed by atoms with E-state index in [1.807, 2.05) is 0 Å². The van der Waals surface area contributed by atoms with E-state index >= 15 is 0 Å². The van der Waals surface area contributed by atoms with Gasteiger partial charge in [-0.05, 0) is 36.1 Å². The van der Waals surface area contributed by atoms with Crippen LogP contribution in [0.1, 0.15) is 24.0 Å². The van der Waals surface area contributed by atoms with Crippen LogP contribution in [-0.4, -0.2) is 5.97 Å². The Labute approximate surface area is 87.0 Å². The summed E-state index contributed by atoms with van der Waals surface area (Å²) in [7, 11) is 0. The number of carboxylic acids is 1. The average molecular weight is 205 g/mol. The molecule has 1 aromatic rings. The average Bonchev–Trinajstić information content (AvgIpc) is 2.16. The fraction of sp³-hybridized carbons (Fsp3) is 0.250. The highest BCUT2D eigenvalue weighted by molar-refractivity contribution is 5.72. The lowest BCUT2D eigenvalue weighted by Crippen LogP contribution is -2.22. The van der Waals surface area contributed by atoms with Crippen LogP contribution in [0.25, 0.3) is 6.08 Å². The smallest absolute Gasteiger partial charge is 0.123 e. The second-order valence-electron chi connectivity index (χ2n) is 3.69. The Bertz CT molecular complexity index is 435. The van der Waals surface area contributed by atoms with Gasteiger partial charge in [0.1, 0.15) is 5.82 Å². The van der Waals surface area contributed by atoms with Crippen LogP contribution < -0.4 is 5.11 Å². The van der Waals surface area contributed by atoms with E-state index in [-0.39, 0.29) is 12.2 Å². The molecule has 0 spiro atoms. The highest BCUT2D eigenvalue weighted by Crippen LogP contribution is 2.25. The predicted molar refractivity (Wildman–Crippen MR) is 52.3 cm³/mol. The SMILES string of the molecule is O=C([O-])CC1=Cc2cc(F)ccc2CC1. The molecule has 1 aliphatic rings. The van der Waals surface area contributed by atoms with Gasteiger partial charge in [-0.25, -0.2) is 4.39 Å². The molecule has 1 aliphatic carbocycles. The van der Waals surface area contributed by atoms with Crippen LogP contribution in [0.15, 0.2) is 23.8 Å². The Kier molecular flexibility index (Phi) is 2.54. The molecule has 0 fully saturated rings. The molecule has 15 heavy (non-hydrogen) atoms. The lowest BCUT2D eigenvalue weighted by molar-refractivity contribution is -0.304. The summed E-state index contributed by atoms with van der Waals surface area (Å²) in [6.07, 6.45) is 3.18. The molecule has 0 atom stereocenters. The third-order valence-corrected chi connectivity index (χ3v) is 2.55. The van der Waals surface area contributed by atoms with Crippen LogP contribution in [-0.2, 0) is 11.2 Å². The van der Waals surface area contributed by atoms with Crippen molar-refractivity contribution in [3.05, 3.63) is 40.7 Å². The number of hydrogen-bond acceptors (Lipinski definition) is 2. The largest absolute Gasteiger partial charge is 0.550 e. The van der Waals surface area contributed by atoms with Crippen molar-refractivity contribution in [3.8, 4) is 0 Å². The molecule has 1 aromatic carbocycles. The zero-order chi connectivity index (χ0) is 10.8. The number of aryl methyl sites for hydroxylation is 1. The summed E-state index contributed by atoms with van der Waals surface area (Å²) in [5.74, 6) is -1.37.